The van der Waals surface area contributed by atoms with Crippen molar-refractivity contribution in [1.29, 1.82) is 0 Å². The standard InChI is InChI=1S/C5H8N4O/c6-9-8-4-1-2-5(10)7-3-4/h4H,1-3H2,(H,7,10). The van der Waals surface area contributed by atoms with Crippen LogP contribution in [0.3, 0.4) is 0 Å². The van der Waals surface area contributed by atoms with E-state index in [2.05, 4.69) is 15.3 Å². The Labute approximate surface area is 58.0 Å². The van der Waals surface area contributed by atoms with E-state index < -0.39 is 0 Å². The molecule has 1 fully saturated rings. The van der Waals surface area contributed by atoms with Crippen LogP contribution < -0.4 is 5.32 Å². The van der Waals surface area contributed by atoms with Crippen molar-refractivity contribution in [3.8, 4) is 0 Å². The molecule has 0 radical (unpaired) electrons. The van der Waals surface area contributed by atoms with Gasteiger partial charge in [0.15, 0.2) is 0 Å². The molecule has 0 aromatic heterocycles. The van der Waals surface area contributed by atoms with Crippen LogP contribution in [0.15, 0.2) is 5.11 Å². The molecule has 0 aromatic rings. The van der Waals surface area contributed by atoms with Gasteiger partial charge in [-0.05, 0) is 12.0 Å². The molecule has 1 aliphatic rings. The Bertz CT molecular complexity index is 174. The lowest BCUT2D eigenvalue weighted by molar-refractivity contribution is -0.122. The largest absolute Gasteiger partial charge is 0.356 e. The molecule has 1 saturated heterocycles. The quantitative estimate of drug-likeness (QED) is 0.322. The van der Waals surface area contributed by atoms with Gasteiger partial charge in [-0.3, -0.25) is 4.79 Å². The topological polar surface area (TPSA) is 77.9 Å². The van der Waals surface area contributed by atoms with Crippen molar-refractivity contribution in [2.75, 3.05) is 6.54 Å². The summed E-state index contributed by atoms with van der Waals surface area (Å²) in [5, 5.41) is 6.10. The van der Waals surface area contributed by atoms with E-state index in [-0.39, 0.29) is 11.9 Å². The summed E-state index contributed by atoms with van der Waals surface area (Å²) < 4.78 is 0. The van der Waals surface area contributed by atoms with Gasteiger partial charge in [-0.15, -0.1) is 0 Å². The van der Waals surface area contributed by atoms with Crippen molar-refractivity contribution in [3.05, 3.63) is 10.4 Å². The molecule has 1 unspecified atom stereocenters. The lowest BCUT2D eigenvalue weighted by Crippen LogP contribution is -2.36. The second-order valence-corrected chi connectivity index (χ2v) is 2.20. The number of rotatable bonds is 1. The maximum Gasteiger partial charge on any atom is 0.220 e. The van der Waals surface area contributed by atoms with E-state index in [0.717, 1.165) is 0 Å². The van der Waals surface area contributed by atoms with E-state index in [1.807, 2.05) is 0 Å². The first kappa shape index (κ1) is 6.89. The molecule has 1 atom stereocenters. The minimum absolute atomic E-state index is 0.0392. The predicted molar refractivity (Wildman–Crippen MR) is 35.2 cm³/mol. The molecule has 1 amide bonds. The Morgan fingerprint density at radius 2 is 2.60 bits per heavy atom. The second kappa shape index (κ2) is 3.08. The summed E-state index contributed by atoms with van der Waals surface area (Å²) >= 11 is 0. The summed E-state index contributed by atoms with van der Waals surface area (Å²) in [5.74, 6) is 0.0457. The molecule has 10 heavy (non-hydrogen) atoms. The van der Waals surface area contributed by atoms with Gasteiger partial charge in [-0.25, -0.2) is 0 Å². The average molecular weight is 140 g/mol. The van der Waals surface area contributed by atoms with Crippen LogP contribution in [0.4, 0.5) is 0 Å². The maximum atomic E-state index is 10.6. The van der Waals surface area contributed by atoms with Crippen molar-refractivity contribution in [3.63, 3.8) is 0 Å². The second-order valence-electron chi connectivity index (χ2n) is 2.20. The van der Waals surface area contributed by atoms with Crippen LogP contribution in [0, 0.1) is 0 Å². The van der Waals surface area contributed by atoms with Crippen molar-refractivity contribution in [2.24, 2.45) is 5.11 Å². The summed E-state index contributed by atoms with van der Waals surface area (Å²) in [6.07, 6.45) is 1.15. The van der Waals surface area contributed by atoms with E-state index in [1.54, 1.807) is 0 Å². The Kier molecular flexibility index (Phi) is 2.12. The van der Waals surface area contributed by atoms with Gasteiger partial charge in [0.25, 0.3) is 0 Å². The molecule has 0 aliphatic carbocycles. The summed E-state index contributed by atoms with van der Waals surface area (Å²) in [4.78, 5) is 13.2. The van der Waals surface area contributed by atoms with Gasteiger partial charge < -0.3 is 5.32 Å². The molecule has 54 valence electrons. The van der Waals surface area contributed by atoms with Crippen molar-refractivity contribution in [1.82, 2.24) is 5.32 Å². The summed E-state index contributed by atoms with van der Waals surface area (Å²) in [5.41, 5.74) is 8.03. The Morgan fingerprint density at radius 1 is 1.80 bits per heavy atom. The number of nitrogens with one attached hydrogen (secondary N) is 1. The van der Waals surface area contributed by atoms with Gasteiger partial charge in [0, 0.05) is 17.9 Å². The Balaban J connectivity index is 2.39. The monoisotopic (exact) mass is 140 g/mol. The van der Waals surface area contributed by atoms with Gasteiger partial charge in [0.1, 0.15) is 0 Å². The minimum atomic E-state index is -0.0392. The maximum absolute atomic E-state index is 10.6. The molecular weight excluding hydrogens is 132 g/mol. The van der Waals surface area contributed by atoms with Gasteiger partial charge in [0.05, 0.1) is 6.04 Å². The lowest BCUT2D eigenvalue weighted by atomic mass is 10.1. The molecule has 1 rings (SSSR count). The van der Waals surface area contributed by atoms with E-state index in [4.69, 9.17) is 5.53 Å². The number of hydrogen-bond donors (Lipinski definition) is 1. The smallest absolute Gasteiger partial charge is 0.220 e. The minimum Gasteiger partial charge on any atom is -0.356 e. The van der Waals surface area contributed by atoms with Crippen LogP contribution in [-0.4, -0.2) is 18.5 Å². The van der Waals surface area contributed by atoms with Crippen LogP contribution in [0.25, 0.3) is 10.4 Å². The highest BCUT2D eigenvalue weighted by Gasteiger charge is 2.15. The third-order valence-corrected chi connectivity index (χ3v) is 1.45. The first-order chi connectivity index (χ1) is 4.83. The molecule has 0 aromatic carbocycles. The summed E-state index contributed by atoms with van der Waals surface area (Å²) in [6, 6.07) is -0.0392. The highest BCUT2D eigenvalue weighted by Crippen LogP contribution is 2.05. The fraction of sp³-hybridized carbons (Fsp3) is 0.800. The summed E-state index contributed by atoms with van der Waals surface area (Å²) in [6.45, 7) is 0.489. The van der Waals surface area contributed by atoms with Crippen molar-refractivity contribution in [2.45, 2.75) is 18.9 Å². The molecule has 5 heteroatoms. The van der Waals surface area contributed by atoms with Crippen LogP contribution in [0.5, 0.6) is 0 Å². The van der Waals surface area contributed by atoms with Crippen LogP contribution in [-0.2, 0) is 4.79 Å². The molecule has 1 N–H and O–H groups in total. The number of hydrogen-bond acceptors (Lipinski definition) is 2. The third kappa shape index (κ3) is 1.63. The normalized spacial score (nSPS) is 24.8. The van der Waals surface area contributed by atoms with E-state index >= 15 is 0 Å². The number of piperidine rings is 1. The average Bonchev–Trinajstić information content (AvgIpc) is 1.95. The number of carbonyl (C=O) groups is 1. The van der Waals surface area contributed by atoms with Crippen LogP contribution >= 0.6 is 0 Å². The first-order valence-corrected chi connectivity index (χ1v) is 3.14. The zero-order chi connectivity index (χ0) is 7.40. The number of amides is 1. The number of carbonyl (C=O) groups excluding carboxylic acids is 1. The molecular formula is C5H8N4O. The molecule has 1 heterocycles. The van der Waals surface area contributed by atoms with Gasteiger partial charge in [-0.1, -0.05) is 5.11 Å². The zero-order valence-electron chi connectivity index (χ0n) is 5.45. The van der Waals surface area contributed by atoms with Crippen molar-refractivity contribution >= 4 is 5.91 Å². The van der Waals surface area contributed by atoms with E-state index in [1.165, 1.54) is 0 Å². The summed E-state index contributed by atoms with van der Waals surface area (Å²) in [7, 11) is 0. The van der Waals surface area contributed by atoms with E-state index in [9.17, 15) is 4.79 Å². The van der Waals surface area contributed by atoms with E-state index in [0.29, 0.717) is 19.4 Å². The SMILES string of the molecule is [N-]=[N+]=NC1CCC(=O)NC1. The van der Waals surface area contributed by atoms with Gasteiger partial charge in [0.2, 0.25) is 5.91 Å². The molecule has 1 aliphatic heterocycles. The van der Waals surface area contributed by atoms with Gasteiger partial charge >= 0.3 is 0 Å². The predicted octanol–water partition coefficient (Wildman–Crippen LogP) is 0.575. The fourth-order valence-electron chi connectivity index (χ4n) is 0.891. The lowest BCUT2D eigenvalue weighted by Gasteiger charge is -2.16. The fourth-order valence-corrected chi connectivity index (χ4v) is 0.891. The molecule has 5 nitrogen and oxygen atoms in total. The highest BCUT2D eigenvalue weighted by atomic mass is 16.1. The first-order valence-electron chi connectivity index (χ1n) is 3.14. The van der Waals surface area contributed by atoms with Crippen molar-refractivity contribution < 1.29 is 4.79 Å². The van der Waals surface area contributed by atoms with Crippen LogP contribution in [0.2, 0.25) is 0 Å². The number of azide groups is 1. The zero-order valence-corrected chi connectivity index (χ0v) is 5.45. The Hall–Kier alpha value is -1.22. The van der Waals surface area contributed by atoms with Gasteiger partial charge in [-0.2, -0.15) is 0 Å². The number of nitrogens with zero attached hydrogens (tertiary/aromatic N) is 3. The van der Waals surface area contributed by atoms with Crippen LogP contribution in [0.1, 0.15) is 12.8 Å². The molecule has 0 bridgehead atoms. The molecule has 0 spiro atoms. The third-order valence-electron chi connectivity index (χ3n) is 1.45. The molecule has 0 saturated carbocycles. The highest BCUT2D eigenvalue weighted by molar-refractivity contribution is 5.76. The Morgan fingerprint density at radius 3 is 3.10 bits per heavy atom.